The highest BCUT2D eigenvalue weighted by Gasteiger charge is 2.03. The molecule has 0 unspecified atom stereocenters. The number of rotatable bonds is 2. The summed E-state index contributed by atoms with van der Waals surface area (Å²) in [6.45, 7) is 0. The van der Waals surface area contributed by atoms with E-state index in [1.54, 1.807) is 11.8 Å². The van der Waals surface area contributed by atoms with Crippen molar-refractivity contribution in [3.8, 4) is 17.3 Å². The van der Waals surface area contributed by atoms with Crippen molar-refractivity contribution < 1.29 is 0 Å². The van der Waals surface area contributed by atoms with Crippen molar-refractivity contribution in [2.45, 2.75) is 4.90 Å². The Bertz CT molecular complexity index is 494. The molecule has 4 heteroatoms. The summed E-state index contributed by atoms with van der Waals surface area (Å²) in [5, 5.41) is 11.1. The van der Waals surface area contributed by atoms with Gasteiger partial charge in [0.25, 0.3) is 0 Å². The fourth-order valence-corrected chi connectivity index (χ4v) is 2.24. The van der Waals surface area contributed by atoms with Crippen LogP contribution in [-0.2, 0) is 0 Å². The molecule has 0 spiro atoms. The summed E-state index contributed by atoms with van der Waals surface area (Å²) in [6, 6.07) is 10.2. The van der Waals surface area contributed by atoms with E-state index in [1.807, 2.05) is 29.8 Å². The number of benzene rings is 1. The zero-order chi connectivity index (χ0) is 10.7. The van der Waals surface area contributed by atoms with Crippen LogP contribution < -0.4 is 0 Å². The average molecular weight is 232 g/mol. The molecule has 0 saturated heterocycles. The number of hydrogen-bond donors (Lipinski definition) is 0. The second-order valence-corrected chi connectivity index (χ2v) is 4.62. The summed E-state index contributed by atoms with van der Waals surface area (Å²) in [5.41, 5.74) is 1.94. The SMILES string of the molecule is CSc1ccc(-c2csc(C#N)n2)cc1. The molecule has 0 saturated carbocycles. The maximum absolute atomic E-state index is 8.67. The molecule has 0 aliphatic heterocycles. The third kappa shape index (κ3) is 2.20. The van der Waals surface area contributed by atoms with Crippen molar-refractivity contribution in [2.75, 3.05) is 6.26 Å². The first kappa shape index (κ1) is 10.2. The van der Waals surface area contributed by atoms with Crippen LogP contribution in [0.5, 0.6) is 0 Å². The summed E-state index contributed by atoms with van der Waals surface area (Å²) < 4.78 is 0. The Hall–Kier alpha value is -1.31. The molecule has 1 aromatic carbocycles. The van der Waals surface area contributed by atoms with Gasteiger partial charge in [0.15, 0.2) is 5.01 Å². The highest BCUT2D eigenvalue weighted by Crippen LogP contribution is 2.24. The van der Waals surface area contributed by atoms with E-state index in [4.69, 9.17) is 5.26 Å². The highest BCUT2D eigenvalue weighted by atomic mass is 32.2. The number of nitriles is 1. The summed E-state index contributed by atoms with van der Waals surface area (Å²) in [7, 11) is 0. The van der Waals surface area contributed by atoms with Gasteiger partial charge in [-0.25, -0.2) is 4.98 Å². The third-order valence-corrected chi connectivity index (χ3v) is 3.48. The molecule has 0 amide bonds. The summed E-state index contributed by atoms with van der Waals surface area (Å²) in [4.78, 5) is 5.44. The Morgan fingerprint density at radius 1 is 1.33 bits per heavy atom. The molecule has 0 radical (unpaired) electrons. The van der Waals surface area contributed by atoms with E-state index in [9.17, 15) is 0 Å². The lowest BCUT2D eigenvalue weighted by Gasteiger charge is -1.98. The summed E-state index contributed by atoms with van der Waals surface area (Å²) in [5.74, 6) is 0. The van der Waals surface area contributed by atoms with Gasteiger partial charge in [-0.3, -0.25) is 0 Å². The Morgan fingerprint density at radius 3 is 2.60 bits per heavy atom. The van der Waals surface area contributed by atoms with Crippen molar-refractivity contribution in [3.63, 3.8) is 0 Å². The minimum absolute atomic E-state index is 0.513. The van der Waals surface area contributed by atoms with E-state index in [-0.39, 0.29) is 0 Å². The normalized spacial score (nSPS) is 9.87. The van der Waals surface area contributed by atoms with Gasteiger partial charge in [-0.1, -0.05) is 12.1 Å². The molecular weight excluding hydrogens is 224 g/mol. The van der Waals surface area contributed by atoms with Crippen molar-refractivity contribution in [3.05, 3.63) is 34.7 Å². The van der Waals surface area contributed by atoms with Crippen LogP contribution in [0.4, 0.5) is 0 Å². The van der Waals surface area contributed by atoms with Gasteiger partial charge >= 0.3 is 0 Å². The van der Waals surface area contributed by atoms with Gasteiger partial charge in [0.2, 0.25) is 0 Å². The van der Waals surface area contributed by atoms with Gasteiger partial charge in [0.05, 0.1) is 5.69 Å². The quantitative estimate of drug-likeness (QED) is 0.745. The fourth-order valence-electron chi connectivity index (χ4n) is 1.22. The van der Waals surface area contributed by atoms with Gasteiger partial charge in [-0.2, -0.15) is 5.26 Å². The molecule has 0 aliphatic carbocycles. The van der Waals surface area contributed by atoms with Gasteiger partial charge < -0.3 is 0 Å². The lowest BCUT2D eigenvalue weighted by molar-refractivity contribution is 1.34. The van der Waals surface area contributed by atoms with Gasteiger partial charge in [0.1, 0.15) is 6.07 Å². The second kappa shape index (κ2) is 4.47. The van der Waals surface area contributed by atoms with Crippen LogP contribution in [0.1, 0.15) is 5.01 Å². The second-order valence-electron chi connectivity index (χ2n) is 2.88. The predicted octanol–water partition coefficient (Wildman–Crippen LogP) is 3.40. The van der Waals surface area contributed by atoms with Crippen molar-refractivity contribution in [2.24, 2.45) is 0 Å². The molecule has 0 aliphatic rings. The molecule has 0 fully saturated rings. The van der Waals surface area contributed by atoms with Gasteiger partial charge in [-0.05, 0) is 18.4 Å². The minimum Gasteiger partial charge on any atom is -0.226 e. The largest absolute Gasteiger partial charge is 0.226 e. The highest BCUT2D eigenvalue weighted by molar-refractivity contribution is 7.98. The van der Waals surface area contributed by atoms with Gasteiger partial charge in [0, 0.05) is 15.8 Å². The number of thiazole rings is 1. The summed E-state index contributed by atoms with van der Waals surface area (Å²) in [6.07, 6.45) is 2.05. The molecular formula is C11H8N2S2. The number of thioether (sulfide) groups is 1. The van der Waals surface area contributed by atoms with Gasteiger partial charge in [-0.15, -0.1) is 23.1 Å². The molecule has 74 valence electrons. The minimum atomic E-state index is 0.513. The van der Waals surface area contributed by atoms with E-state index >= 15 is 0 Å². The average Bonchev–Trinajstić information content (AvgIpc) is 2.78. The van der Waals surface area contributed by atoms with Crippen molar-refractivity contribution in [1.29, 1.82) is 5.26 Å². The van der Waals surface area contributed by atoms with E-state index in [1.165, 1.54) is 16.2 Å². The van der Waals surface area contributed by atoms with Crippen LogP contribution >= 0.6 is 23.1 Å². The van der Waals surface area contributed by atoms with Crippen molar-refractivity contribution in [1.82, 2.24) is 4.98 Å². The van der Waals surface area contributed by atoms with Crippen LogP contribution in [0.15, 0.2) is 34.5 Å². The van der Waals surface area contributed by atoms with Crippen LogP contribution in [-0.4, -0.2) is 11.2 Å². The maximum Gasteiger partial charge on any atom is 0.194 e. The van der Waals surface area contributed by atoms with E-state index in [2.05, 4.69) is 17.1 Å². The zero-order valence-corrected chi connectivity index (χ0v) is 9.73. The molecule has 0 bridgehead atoms. The molecule has 0 atom stereocenters. The first-order valence-electron chi connectivity index (χ1n) is 4.33. The maximum atomic E-state index is 8.67. The monoisotopic (exact) mass is 232 g/mol. The Kier molecular flexibility index (Phi) is 3.05. The van der Waals surface area contributed by atoms with Crippen LogP contribution in [0.25, 0.3) is 11.3 Å². The van der Waals surface area contributed by atoms with Crippen LogP contribution in [0.2, 0.25) is 0 Å². The lowest BCUT2D eigenvalue weighted by Crippen LogP contribution is -1.78. The standard InChI is InChI=1S/C11H8N2S2/c1-14-9-4-2-8(3-5-9)10-7-15-11(6-12)13-10/h2-5,7H,1H3. The Morgan fingerprint density at radius 2 is 2.07 bits per heavy atom. The molecule has 2 aromatic rings. The molecule has 1 heterocycles. The number of hydrogen-bond acceptors (Lipinski definition) is 4. The Balaban J connectivity index is 2.33. The van der Waals surface area contributed by atoms with E-state index in [0.717, 1.165) is 11.3 Å². The first-order chi connectivity index (χ1) is 7.33. The topological polar surface area (TPSA) is 36.7 Å². The molecule has 15 heavy (non-hydrogen) atoms. The first-order valence-corrected chi connectivity index (χ1v) is 6.44. The van der Waals surface area contributed by atoms with E-state index < -0.39 is 0 Å². The summed E-state index contributed by atoms with van der Waals surface area (Å²) >= 11 is 3.09. The molecule has 0 N–H and O–H groups in total. The lowest BCUT2D eigenvalue weighted by atomic mass is 10.2. The molecule has 1 aromatic heterocycles. The predicted molar refractivity (Wildman–Crippen MR) is 64.0 cm³/mol. The smallest absolute Gasteiger partial charge is 0.194 e. The van der Waals surface area contributed by atoms with Crippen LogP contribution in [0.3, 0.4) is 0 Å². The van der Waals surface area contributed by atoms with Crippen LogP contribution in [0, 0.1) is 11.3 Å². The zero-order valence-electron chi connectivity index (χ0n) is 8.10. The fraction of sp³-hybridized carbons (Fsp3) is 0.0909. The van der Waals surface area contributed by atoms with Crippen molar-refractivity contribution >= 4 is 23.1 Å². The third-order valence-electron chi connectivity index (χ3n) is 1.99. The number of aromatic nitrogens is 1. The molecule has 2 nitrogen and oxygen atoms in total. The van der Waals surface area contributed by atoms with E-state index in [0.29, 0.717) is 5.01 Å². The Labute approximate surface area is 96.6 Å². The molecule has 2 rings (SSSR count). The number of nitrogens with zero attached hydrogens (tertiary/aromatic N) is 2.